The number of likely N-dealkylation sites (N-methyl/N-ethyl adjacent to an activating group) is 1. The third-order valence-electron chi connectivity index (χ3n) is 19.6. The zero-order valence-electron chi connectivity index (χ0n) is 49.3. The number of aromatic hydroxyl groups is 1. The summed E-state index contributed by atoms with van der Waals surface area (Å²) < 4.78 is 6.69. The fourth-order valence-corrected chi connectivity index (χ4v) is 15.2. The van der Waals surface area contributed by atoms with Crippen molar-refractivity contribution in [2.24, 2.45) is 51.3 Å². The summed E-state index contributed by atoms with van der Waals surface area (Å²) in [6.45, 7) is 12.7. The number of benzene rings is 3. The minimum absolute atomic E-state index is 0.0632. The second-order valence-electron chi connectivity index (χ2n) is 24.9. The van der Waals surface area contributed by atoms with Crippen LogP contribution in [-0.2, 0) is 33.6 Å². The molecule has 6 aliphatic rings. The number of fused-ring (bicyclic) bond motifs is 7. The van der Waals surface area contributed by atoms with Gasteiger partial charge in [0.1, 0.15) is 30.3 Å². The number of phenolic OH excluding ortho intramolecular Hbond substituents is 1. The number of nitrogens with one attached hydrogen (secondary N) is 3. The normalized spacial score (nSPS) is 33.1. The lowest BCUT2D eigenvalue weighted by molar-refractivity contribution is -0.169. The summed E-state index contributed by atoms with van der Waals surface area (Å²) in [4.78, 5) is 34.1. The number of aliphatic imine (C=N–C) groups is 1. The summed E-state index contributed by atoms with van der Waals surface area (Å²) in [6, 6.07) is 19.1. The molecule has 16 nitrogen and oxygen atoms in total. The van der Waals surface area contributed by atoms with Crippen LogP contribution in [0.2, 0.25) is 0 Å². The summed E-state index contributed by atoms with van der Waals surface area (Å²) in [5, 5.41) is 83.4. The highest BCUT2D eigenvalue weighted by atomic mass is 16.5. The number of β-amino-alcohol motifs (C(OH)–C–C–N with tert-alkyl or cyclic N) is 1. The van der Waals surface area contributed by atoms with Gasteiger partial charge in [0.2, 0.25) is 5.91 Å². The number of hydrogen-bond donors (Lipinski definition) is 12. The molecule has 0 radical (unpaired) electrons. The van der Waals surface area contributed by atoms with Crippen molar-refractivity contribution in [3.63, 3.8) is 0 Å². The van der Waals surface area contributed by atoms with Gasteiger partial charge >= 0.3 is 0 Å². The number of Topliss-reactive ketones (excluding diaryl/α,β-unsaturated/α-hetero) is 1. The molecule has 450 valence electrons. The Kier molecular flexibility index (Phi) is 19.7. The Labute approximate surface area is 495 Å². The van der Waals surface area contributed by atoms with Crippen molar-refractivity contribution >= 4 is 17.6 Å². The molecule has 0 saturated heterocycles. The molecule has 3 aliphatic carbocycles. The Balaban J connectivity index is 1.14. The maximum Gasteiger partial charge on any atom is 0.243 e. The van der Waals surface area contributed by atoms with E-state index in [9.17, 15) is 35.4 Å². The summed E-state index contributed by atoms with van der Waals surface area (Å²) in [7, 11) is 0. The van der Waals surface area contributed by atoms with Crippen LogP contribution in [0.25, 0.3) is 0 Å². The largest absolute Gasteiger partial charge is 0.508 e. The molecular weight excluding hydrogens is 1060 g/mol. The third kappa shape index (κ3) is 13.3. The molecule has 9 rings (SSSR count). The molecule has 3 aromatic carbocycles. The van der Waals surface area contributed by atoms with Crippen molar-refractivity contribution in [1.82, 2.24) is 16.0 Å². The molecule has 1 spiro atoms. The number of aliphatic hydroxyl groups is 5. The summed E-state index contributed by atoms with van der Waals surface area (Å²) >= 11 is 0. The topological polar surface area (TPSA) is 291 Å². The molecule has 15 N–H and O–H groups in total. The van der Waals surface area contributed by atoms with Gasteiger partial charge in [0, 0.05) is 49.6 Å². The number of hydrogen-bond acceptors (Lipinski definition) is 13. The number of phenols is 1. The van der Waals surface area contributed by atoms with Gasteiger partial charge in [0.25, 0.3) is 0 Å². The number of allylic oxidation sites excluding steroid dienone is 5. The highest BCUT2D eigenvalue weighted by Gasteiger charge is 2.67. The van der Waals surface area contributed by atoms with E-state index in [0.717, 1.165) is 46.3 Å². The van der Waals surface area contributed by atoms with E-state index in [1.165, 1.54) is 0 Å². The smallest absolute Gasteiger partial charge is 0.243 e. The summed E-state index contributed by atoms with van der Waals surface area (Å²) in [5.74, 6) is 3.68. The first-order valence-electron chi connectivity index (χ1n) is 30.2. The molecule has 3 aliphatic heterocycles. The van der Waals surface area contributed by atoms with Gasteiger partial charge in [-0.05, 0) is 165 Å². The van der Waals surface area contributed by atoms with Crippen LogP contribution in [0.15, 0.2) is 130 Å². The van der Waals surface area contributed by atoms with Gasteiger partial charge in [0.15, 0.2) is 11.7 Å². The van der Waals surface area contributed by atoms with Gasteiger partial charge < -0.3 is 57.9 Å². The molecule has 3 fully saturated rings. The molecule has 14 atom stereocenters. The number of aliphatic hydroxyl groups excluding tert-OH is 3. The van der Waals surface area contributed by atoms with E-state index in [1.54, 1.807) is 24.3 Å². The Hall–Kier alpha value is -6.23. The highest BCUT2D eigenvalue weighted by molar-refractivity contribution is 5.98. The van der Waals surface area contributed by atoms with Crippen LogP contribution in [-0.4, -0.2) is 110 Å². The summed E-state index contributed by atoms with van der Waals surface area (Å²) in [6.07, 6.45) is 8.70. The van der Waals surface area contributed by atoms with Crippen LogP contribution in [0, 0.1) is 40.9 Å². The predicted octanol–water partition coefficient (Wildman–Crippen LogP) is 6.31. The number of carbonyl (C=O) groups is 2. The summed E-state index contributed by atoms with van der Waals surface area (Å²) in [5.41, 5.74) is 22.6. The first kappa shape index (κ1) is 62.3. The van der Waals surface area contributed by atoms with Crippen LogP contribution < -0.4 is 33.2 Å². The average Bonchev–Trinajstić information content (AvgIpc) is 3.22. The molecule has 16 heteroatoms. The molecule has 3 saturated carbocycles. The van der Waals surface area contributed by atoms with E-state index < -0.39 is 82.9 Å². The van der Waals surface area contributed by atoms with Crippen molar-refractivity contribution in [2.75, 3.05) is 26.2 Å². The fraction of sp³-hybridized carbons (Fsp3) is 0.515. The number of amides is 1. The van der Waals surface area contributed by atoms with Crippen molar-refractivity contribution in [3.8, 4) is 17.6 Å². The van der Waals surface area contributed by atoms with Gasteiger partial charge in [-0.1, -0.05) is 122 Å². The quantitative estimate of drug-likeness (QED) is 0.0424. The number of carbonyl (C=O) groups excluding carboxylic acids is 2. The van der Waals surface area contributed by atoms with Crippen molar-refractivity contribution < 1.29 is 45.0 Å². The maximum absolute atomic E-state index is 15.4. The second-order valence-corrected chi connectivity index (χ2v) is 24.9. The third-order valence-corrected chi connectivity index (χ3v) is 19.6. The van der Waals surface area contributed by atoms with E-state index in [0.29, 0.717) is 79.3 Å². The minimum atomic E-state index is -1.41. The van der Waals surface area contributed by atoms with Gasteiger partial charge in [-0.3, -0.25) is 25.2 Å². The Bertz CT molecular complexity index is 3130. The molecule has 14 unspecified atom stereocenters. The van der Waals surface area contributed by atoms with Crippen molar-refractivity contribution in [3.05, 3.63) is 159 Å². The number of nitrogens with two attached hydrogens (primary N) is 3. The number of rotatable bonds is 6. The number of nitrogens with zero attached hydrogens (tertiary/aromatic N) is 1. The molecular formula is C68H89N7O9. The first-order valence-corrected chi connectivity index (χ1v) is 30.2. The lowest BCUT2D eigenvalue weighted by Gasteiger charge is -2.56. The first-order chi connectivity index (χ1) is 40.1. The van der Waals surface area contributed by atoms with Crippen LogP contribution in [0.3, 0.4) is 0 Å². The van der Waals surface area contributed by atoms with Crippen molar-refractivity contribution in [2.45, 2.75) is 165 Å². The highest BCUT2D eigenvalue weighted by Crippen LogP contribution is 2.66. The number of ketones is 1. The van der Waals surface area contributed by atoms with E-state index in [-0.39, 0.29) is 68.8 Å². The monoisotopic (exact) mass is 1150 g/mol. The predicted molar refractivity (Wildman–Crippen MR) is 327 cm³/mol. The standard InChI is InChI=1S/C68H89N7O9/c1-6-74-68(83)31-28-40(2)13-7-8-32-84-58-21-12-18-47-37-67(62(80)60(47)51(58)19-9-14-41(68)3)55-27-26-49(77)34-43-15-10-16-44(33-43)35-53(54(38-73-65(70)71)45-22-24-48(76)25-23-45)57(79)39-72-61-59-46(17-11-20-52(59)63(69)75-64(61)81)36-56(78)42(4)50(55)29-30-66(67,5)82/h9-11,14-17,19-20,22-25,28,33,47,49,53-55,57-58,60-63,72,74,76-77,79-80,82-83H,3,6,12-13,18,21,26-27,29-32,34-39,69H2,1-2,4-5H3,(H,75,81)(H4,70,71,73). The van der Waals surface area contributed by atoms with E-state index in [2.05, 4.69) is 39.4 Å². The van der Waals surface area contributed by atoms with E-state index in [4.69, 9.17) is 21.9 Å². The zero-order chi connectivity index (χ0) is 60.1. The van der Waals surface area contributed by atoms with E-state index >= 15 is 4.79 Å². The second kappa shape index (κ2) is 26.6. The van der Waals surface area contributed by atoms with E-state index in [1.807, 2.05) is 94.5 Å². The van der Waals surface area contributed by atoms with Gasteiger partial charge in [-0.25, -0.2) is 0 Å². The Morgan fingerprint density at radius 1 is 0.976 bits per heavy atom. The van der Waals surface area contributed by atoms with Crippen LogP contribution in [0.1, 0.15) is 143 Å². The molecule has 1 amide bonds. The average molecular weight is 1150 g/mol. The van der Waals surface area contributed by atoms with Crippen molar-refractivity contribution in [1.29, 1.82) is 0 Å². The van der Waals surface area contributed by atoms with Crippen LogP contribution >= 0.6 is 0 Å². The van der Waals surface area contributed by atoms with Crippen LogP contribution in [0.4, 0.5) is 0 Å². The maximum atomic E-state index is 15.4. The Morgan fingerprint density at radius 3 is 2.48 bits per heavy atom. The number of ether oxygens (including phenoxy) is 1. The SMILES string of the molecule is C=C1C=CC=C2C(CCCC3CC4(C5CCC(O)Cc6cccc(c6)CC(C(CN=C(N)N)c6ccc(O)cc6)C(O)CNC6C(=O)NC(N)c7cccc(c76)CC(=O)C(C)=C5CCC4(C)O)C(O)C23)OCC#CCC(C)=CCC1(O)NCC. The zero-order valence-corrected chi connectivity index (χ0v) is 49.3. The number of guanidine groups is 1. The lowest BCUT2D eigenvalue weighted by Crippen LogP contribution is -2.59. The molecule has 2 bridgehead atoms. The van der Waals surface area contributed by atoms with Gasteiger partial charge in [-0.2, -0.15) is 0 Å². The lowest BCUT2D eigenvalue weighted by atomic mass is 9.52. The fourth-order valence-electron chi connectivity index (χ4n) is 15.2. The van der Waals surface area contributed by atoms with Crippen LogP contribution in [0.5, 0.6) is 5.75 Å². The minimum Gasteiger partial charge on any atom is -0.508 e. The molecule has 0 aromatic heterocycles. The molecule has 84 heavy (non-hydrogen) atoms. The Morgan fingerprint density at radius 2 is 1.73 bits per heavy atom. The molecule has 3 aromatic rings. The van der Waals surface area contributed by atoms with Gasteiger partial charge in [0.05, 0.1) is 30.0 Å². The molecule has 3 heterocycles. The van der Waals surface area contributed by atoms with Gasteiger partial charge in [-0.15, -0.1) is 0 Å².